The average Bonchev–Trinajstić information content (AvgIpc) is 2.72. The number of benzene rings is 1. The van der Waals surface area contributed by atoms with E-state index in [1.165, 1.54) is 0 Å². The molecule has 0 saturated heterocycles. The number of halogens is 3. The zero-order valence-corrected chi connectivity index (χ0v) is 16.1. The molecule has 0 unspecified atom stereocenters. The summed E-state index contributed by atoms with van der Waals surface area (Å²) in [6.45, 7) is 2.09. The fourth-order valence-electron chi connectivity index (χ4n) is 2.71. The van der Waals surface area contributed by atoms with Gasteiger partial charge in [-0.3, -0.25) is 9.78 Å². The molecule has 0 radical (unpaired) electrons. The smallest absolute Gasteiger partial charge is 0.433 e. The summed E-state index contributed by atoms with van der Waals surface area (Å²) in [5.41, 5.74) is 1.66. The molecule has 1 aromatic carbocycles. The SMILES string of the molecule is CCOC(=O)CCc1cccc(-c2cccc(Nc3nccc(C(F)(F)F)n3)c2)n1. The van der Waals surface area contributed by atoms with E-state index >= 15 is 0 Å². The van der Waals surface area contributed by atoms with Crippen LogP contribution in [0.2, 0.25) is 0 Å². The summed E-state index contributed by atoms with van der Waals surface area (Å²) in [6.07, 6.45) is -2.81. The number of rotatable bonds is 7. The Labute approximate surface area is 171 Å². The first-order valence-electron chi connectivity index (χ1n) is 9.24. The summed E-state index contributed by atoms with van der Waals surface area (Å²) in [6, 6.07) is 13.3. The summed E-state index contributed by atoms with van der Waals surface area (Å²) >= 11 is 0. The maximum absolute atomic E-state index is 12.8. The van der Waals surface area contributed by atoms with Crippen molar-refractivity contribution in [2.75, 3.05) is 11.9 Å². The molecule has 156 valence electrons. The average molecular weight is 416 g/mol. The van der Waals surface area contributed by atoms with Crippen LogP contribution in [0.25, 0.3) is 11.3 Å². The largest absolute Gasteiger partial charge is 0.466 e. The minimum atomic E-state index is -4.55. The molecule has 3 rings (SSSR count). The third-order valence-corrected chi connectivity index (χ3v) is 4.06. The van der Waals surface area contributed by atoms with Gasteiger partial charge in [-0.2, -0.15) is 13.2 Å². The second kappa shape index (κ2) is 9.34. The van der Waals surface area contributed by atoms with Crippen LogP contribution in [0.3, 0.4) is 0 Å². The number of pyridine rings is 1. The van der Waals surface area contributed by atoms with Crippen LogP contribution in [0.4, 0.5) is 24.8 Å². The summed E-state index contributed by atoms with van der Waals surface area (Å²) in [5, 5.41) is 2.78. The van der Waals surface area contributed by atoms with Gasteiger partial charge >= 0.3 is 12.1 Å². The molecule has 0 amide bonds. The molecule has 0 aliphatic heterocycles. The lowest BCUT2D eigenvalue weighted by Gasteiger charge is -2.10. The molecule has 30 heavy (non-hydrogen) atoms. The van der Waals surface area contributed by atoms with Crippen molar-refractivity contribution in [2.45, 2.75) is 25.9 Å². The van der Waals surface area contributed by atoms with Gasteiger partial charge in [0.2, 0.25) is 5.95 Å². The van der Waals surface area contributed by atoms with Crippen molar-refractivity contribution in [3.05, 3.63) is 66.1 Å². The van der Waals surface area contributed by atoms with Crippen molar-refractivity contribution in [3.63, 3.8) is 0 Å². The molecule has 2 aromatic heterocycles. The third kappa shape index (κ3) is 5.76. The first-order valence-corrected chi connectivity index (χ1v) is 9.24. The van der Waals surface area contributed by atoms with Gasteiger partial charge in [-0.15, -0.1) is 0 Å². The first kappa shape index (κ1) is 21.2. The summed E-state index contributed by atoms with van der Waals surface area (Å²) in [7, 11) is 0. The monoisotopic (exact) mass is 416 g/mol. The molecule has 0 fully saturated rings. The number of anilines is 2. The number of nitrogens with one attached hydrogen (secondary N) is 1. The van der Waals surface area contributed by atoms with Gasteiger partial charge in [-0.25, -0.2) is 9.97 Å². The van der Waals surface area contributed by atoms with E-state index in [2.05, 4.69) is 20.3 Å². The molecule has 0 bridgehead atoms. The normalized spacial score (nSPS) is 11.2. The van der Waals surface area contributed by atoms with Crippen LogP contribution in [0.1, 0.15) is 24.7 Å². The van der Waals surface area contributed by atoms with Gasteiger partial charge in [0.15, 0.2) is 0 Å². The highest BCUT2D eigenvalue weighted by Gasteiger charge is 2.32. The molecule has 0 atom stereocenters. The summed E-state index contributed by atoms with van der Waals surface area (Å²) in [4.78, 5) is 23.4. The van der Waals surface area contributed by atoms with Crippen molar-refractivity contribution in [1.29, 1.82) is 0 Å². The molecule has 3 aromatic rings. The Balaban J connectivity index is 1.76. The number of aryl methyl sites for hydroxylation is 1. The van der Waals surface area contributed by atoms with E-state index in [1.54, 1.807) is 25.1 Å². The molecule has 0 spiro atoms. The Bertz CT molecular complexity index is 1020. The van der Waals surface area contributed by atoms with Crippen LogP contribution >= 0.6 is 0 Å². The van der Waals surface area contributed by atoms with Crippen molar-refractivity contribution >= 4 is 17.6 Å². The zero-order chi connectivity index (χ0) is 21.6. The first-order chi connectivity index (χ1) is 14.3. The number of esters is 1. The highest BCUT2D eigenvalue weighted by Crippen LogP contribution is 2.28. The van der Waals surface area contributed by atoms with Gasteiger partial charge in [-0.1, -0.05) is 18.2 Å². The Kier molecular flexibility index (Phi) is 6.61. The van der Waals surface area contributed by atoms with Crippen molar-refractivity contribution in [3.8, 4) is 11.3 Å². The lowest BCUT2D eigenvalue weighted by molar-refractivity contribution is -0.143. The van der Waals surface area contributed by atoms with E-state index in [-0.39, 0.29) is 18.3 Å². The molecule has 0 saturated carbocycles. The molecule has 6 nitrogen and oxygen atoms in total. The van der Waals surface area contributed by atoms with Gasteiger partial charge in [0, 0.05) is 29.6 Å². The predicted octanol–water partition coefficient (Wildman–Crippen LogP) is 4.80. The van der Waals surface area contributed by atoms with Crippen molar-refractivity contribution in [2.24, 2.45) is 0 Å². The van der Waals surface area contributed by atoms with Crippen LogP contribution in [-0.2, 0) is 22.1 Å². The highest BCUT2D eigenvalue weighted by molar-refractivity contribution is 5.70. The highest BCUT2D eigenvalue weighted by atomic mass is 19.4. The third-order valence-electron chi connectivity index (χ3n) is 4.06. The second-order valence-corrected chi connectivity index (χ2v) is 6.29. The van der Waals surface area contributed by atoms with Gasteiger partial charge in [-0.05, 0) is 37.3 Å². The van der Waals surface area contributed by atoms with Crippen LogP contribution < -0.4 is 5.32 Å². The van der Waals surface area contributed by atoms with Gasteiger partial charge < -0.3 is 10.1 Å². The van der Waals surface area contributed by atoms with Crippen molar-refractivity contribution in [1.82, 2.24) is 15.0 Å². The van der Waals surface area contributed by atoms with E-state index in [4.69, 9.17) is 4.74 Å². The van der Waals surface area contributed by atoms with E-state index in [0.29, 0.717) is 24.4 Å². The molecule has 9 heteroatoms. The standard InChI is InChI=1S/C21H19F3N4O2/c1-2-30-19(29)10-9-15-6-4-8-17(26-15)14-5-3-7-16(13-14)27-20-25-12-11-18(28-20)21(22,23)24/h3-8,11-13H,2,9-10H2,1H3,(H,25,27,28). The lowest BCUT2D eigenvalue weighted by atomic mass is 10.1. The molecule has 0 aliphatic carbocycles. The molecule has 1 N–H and O–H groups in total. The van der Waals surface area contributed by atoms with Crippen LogP contribution in [0, 0.1) is 0 Å². The second-order valence-electron chi connectivity index (χ2n) is 6.29. The van der Waals surface area contributed by atoms with Gasteiger partial charge in [0.05, 0.1) is 18.7 Å². The van der Waals surface area contributed by atoms with Crippen LogP contribution in [0.15, 0.2) is 54.7 Å². The van der Waals surface area contributed by atoms with Crippen LogP contribution in [0.5, 0.6) is 0 Å². The summed E-state index contributed by atoms with van der Waals surface area (Å²) in [5.74, 6) is -0.435. The van der Waals surface area contributed by atoms with Crippen LogP contribution in [-0.4, -0.2) is 27.5 Å². The number of alkyl halides is 3. The van der Waals surface area contributed by atoms with E-state index < -0.39 is 11.9 Å². The Morgan fingerprint density at radius 1 is 1.10 bits per heavy atom. The number of nitrogens with zero attached hydrogens (tertiary/aromatic N) is 3. The maximum atomic E-state index is 12.8. The number of ether oxygens (including phenoxy) is 1. The number of aromatic nitrogens is 3. The minimum absolute atomic E-state index is 0.155. The van der Waals surface area contributed by atoms with Gasteiger partial charge in [0.25, 0.3) is 0 Å². The maximum Gasteiger partial charge on any atom is 0.433 e. The number of carbonyl (C=O) groups is 1. The fourth-order valence-corrected chi connectivity index (χ4v) is 2.71. The molecular formula is C21H19F3N4O2. The summed E-state index contributed by atoms with van der Waals surface area (Å²) < 4.78 is 43.4. The topological polar surface area (TPSA) is 77.0 Å². The fraction of sp³-hybridized carbons (Fsp3) is 0.238. The lowest BCUT2D eigenvalue weighted by Crippen LogP contribution is -2.10. The minimum Gasteiger partial charge on any atom is -0.466 e. The quantitative estimate of drug-likeness (QED) is 0.558. The number of hydrogen-bond acceptors (Lipinski definition) is 6. The molecular weight excluding hydrogens is 397 g/mol. The van der Waals surface area contributed by atoms with E-state index in [0.717, 1.165) is 23.5 Å². The van der Waals surface area contributed by atoms with E-state index in [1.807, 2.05) is 24.3 Å². The number of carbonyl (C=O) groups excluding carboxylic acids is 1. The predicted molar refractivity (Wildman–Crippen MR) is 105 cm³/mol. The van der Waals surface area contributed by atoms with Gasteiger partial charge in [0.1, 0.15) is 5.69 Å². The molecule has 2 heterocycles. The Morgan fingerprint density at radius 3 is 2.67 bits per heavy atom. The zero-order valence-electron chi connectivity index (χ0n) is 16.1. The Morgan fingerprint density at radius 2 is 1.90 bits per heavy atom. The van der Waals surface area contributed by atoms with E-state index in [9.17, 15) is 18.0 Å². The molecule has 0 aliphatic rings. The van der Waals surface area contributed by atoms with Crippen molar-refractivity contribution < 1.29 is 22.7 Å². The Hall–Kier alpha value is -3.49. The number of hydrogen-bond donors (Lipinski definition) is 1.